The van der Waals surface area contributed by atoms with Crippen LogP contribution >= 0.6 is 0 Å². The SMILES string of the molecule is CCNC(COCC(F)(F)F)c1c(OC)cnn1C(C)C. The minimum absolute atomic E-state index is 0.0627. The zero-order valence-corrected chi connectivity index (χ0v) is 12.7. The summed E-state index contributed by atoms with van der Waals surface area (Å²) in [6.07, 6.45) is -2.78. The van der Waals surface area contributed by atoms with Crippen molar-refractivity contribution in [1.82, 2.24) is 15.1 Å². The highest BCUT2D eigenvalue weighted by molar-refractivity contribution is 5.29. The Labute approximate surface area is 122 Å². The molecule has 1 aromatic rings. The zero-order valence-electron chi connectivity index (χ0n) is 12.7. The van der Waals surface area contributed by atoms with Crippen molar-refractivity contribution >= 4 is 0 Å². The van der Waals surface area contributed by atoms with Gasteiger partial charge in [0.05, 0.1) is 31.6 Å². The average molecular weight is 309 g/mol. The molecule has 0 aromatic carbocycles. The predicted molar refractivity (Wildman–Crippen MR) is 72.5 cm³/mol. The number of alkyl halides is 3. The topological polar surface area (TPSA) is 48.3 Å². The van der Waals surface area contributed by atoms with Gasteiger partial charge in [-0.05, 0) is 20.4 Å². The maximum absolute atomic E-state index is 12.2. The number of aromatic nitrogens is 2. The molecule has 0 spiro atoms. The van der Waals surface area contributed by atoms with Crippen molar-refractivity contribution in [3.8, 4) is 5.75 Å². The highest BCUT2D eigenvalue weighted by Crippen LogP contribution is 2.28. The van der Waals surface area contributed by atoms with Gasteiger partial charge < -0.3 is 14.8 Å². The Kier molecular flexibility index (Phi) is 6.47. The van der Waals surface area contributed by atoms with Gasteiger partial charge in [-0.2, -0.15) is 18.3 Å². The number of likely N-dealkylation sites (N-methyl/N-ethyl adjacent to an activating group) is 1. The summed E-state index contributed by atoms with van der Waals surface area (Å²) in [5.74, 6) is 0.533. The summed E-state index contributed by atoms with van der Waals surface area (Å²) < 4.78 is 48.4. The second-order valence-electron chi connectivity index (χ2n) is 4.88. The number of nitrogens with zero attached hydrogens (tertiary/aromatic N) is 2. The summed E-state index contributed by atoms with van der Waals surface area (Å²) in [5, 5.41) is 7.33. The van der Waals surface area contributed by atoms with Crippen LogP contribution in [-0.2, 0) is 4.74 Å². The summed E-state index contributed by atoms with van der Waals surface area (Å²) in [4.78, 5) is 0. The van der Waals surface area contributed by atoms with Gasteiger partial charge in [0.2, 0.25) is 0 Å². The fourth-order valence-electron chi connectivity index (χ4n) is 2.03. The first-order chi connectivity index (χ1) is 9.80. The Balaban J connectivity index is 2.91. The molecular weight excluding hydrogens is 287 g/mol. The van der Waals surface area contributed by atoms with E-state index in [1.165, 1.54) is 7.11 Å². The molecule has 1 aromatic heterocycles. The molecule has 0 aliphatic heterocycles. The number of rotatable bonds is 8. The number of ether oxygens (including phenoxy) is 2. The quantitative estimate of drug-likeness (QED) is 0.802. The minimum atomic E-state index is -4.33. The summed E-state index contributed by atoms with van der Waals surface area (Å²) >= 11 is 0. The number of hydrogen-bond acceptors (Lipinski definition) is 4. The maximum Gasteiger partial charge on any atom is 0.411 e. The van der Waals surface area contributed by atoms with Crippen molar-refractivity contribution in [3.05, 3.63) is 11.9 Å². The zero-order chi connectivity index (χ0) is 16.0. The molecule has 0 aliphatic carbocycles. The second kappa shape index (κ2) is 7.65. The fraction of sp³-hybridized carbons (Fsp3) is 0.769. The first-order valence-electron chi connectivity index (χ1n) is 6.79. The van der Waals surface area contributed by atoms with Crippen LogP contribution in [0.3, 0.4) is 0 Å². The lowest BCUT2D eigenvalue weighted by atomic mass is 10.2. The Hall–Kier alpha value is -1.28. The van der Waals surface area contributed by atoms with E-state index in [1.54, 1.807) is 10.9 Å². The van der Waals surface area contributed by atoms with E-state index in [0.717, 1.165) is 0 Å². The smallest absolute Gasteiger partial charge is 0.411 e. The van der Waals surface area contributed by atoms with E-state index in [1.807, 2.05) is 20.8 Å². The minimum Gasteiger partial charge on any atom is -0.493 e. The van der Waals surface area contributed by atoms with Gasteiger partial charge in [0, 0.05) is 6.04 Å². The largest absolute Gasteiger partial charge is 0.493 e. The third-order valence-electron chi connectivity index (χ3n) is 2.84. The second-order valence-corrected chi connectivity index (χ2v) is 4.88. The number of halogens is 3. The molecule has 0 saturated heterocycles. The molecular formula is C13H22F3N3O2. The predicted octanol–water partition coefficient (Wildman–Crippen LogP) is 2.70. The van der Waals surface area contributed by atoms with Crippen molar-refractivity contribution < 1.29 is 22.6 Å². The summed E-state index contributed by atoms with van der Waals surface area (Å²) in [5.41, 5.74) is 0.691. The van der Waals surface area contributed by atoms with Crippen LogP contribution in [0.2, 0.25) is 0 Å². The number of methoxy groups -OCH3 is 1. The molecule has 5 nitrogen and oxygen atoms in total. The van der Waals surface area contributed by atoms with Gasteiger partial charge in [-0.15, -0.1) is 0 Å². The Morgan fingerprint density at radius 3 is 2.52 bits per heavy atom. The van der Waals surface area contributed by atoms with Gasteiger partial charge in [0.1, 0.15) is 6.61 Å². The molecule has 0 saturated carbocycles. The molecule has 122 valence electrons. The van der Waals surface area contributed by atoms with Crippen molar-refractivity contribution in [2.24, 2.45) is 0 Å². The number of hydrogen-bond donors (Lipinski definition) is 1. The van der Waals surface area contributed by atoms with Crippen LogP contribution in [0.4, 0.5) is 13.2 Å². The van der Waals surface area contributed by atoms with Gasteiger partial charge in [0.15, 0.2) is 5.75 Å². The molecule has 1 rings (SSSR count). The van der Waals surface area contributed by atoms with Crippen molar-refractivity contribution in [1.29, 1.82) is 0 Å². The van der Waals surface area contributed by atoms with Crippen LogP contribution in [-0.4, -0.2) is 42.8 Å². The van der Waals surface area contributed by atoms with E-state index in [-0.39, 0.29) is 12.6 Å². The lowest BCUT2D eigenvalue weighted by Gasteiger charge is -2.22. The van der Waals surface area contributed by atoms with E-state index < -0.39 is 18.8 Å². The highest BCUT2D eigenvalue weighted by atomic mass is 19.4. The van der Waals surface area contributed by atoms with Gasteiger partial charge in [0.25, 0.3) is 0 Å². The normalized spacial score (nSPS) is 13.7. The molecule has 0 radical (unpaired) electrons. The molecule has 0 bridgehead atoms. The third-order valence-corrected chi connectivity index (χ3v) is 2.84. The molecule has 21 heavy (non-hydrogen) atoms. The van der Waals surface area contributed by atoms with Gasteiger partial charge in [-0.1, -0.05) is 6.92 Å². The molecule has 8 heteroatoms. The first kappa shape index (κ1) is 17.8. The first-order valence-corrected chi connectivity index (χ1v) is 6.79. The molecule has 1 heterocycles. The van der Waals surface area contributed by atoms with Crippen molar-refractivity contribution in [2.75, 3.05) is 26.9 Å². The van der Waals surface area contributed by atoms with Crippen molar-refractivity contribution in [3.63, 3.8) is 0 Å². The van der Waals surface area contributed by atoms with Crippen molar-refractivity contribution in [2.45, 2.75) is 39.0 Å². The Morgan fingerprint density at radius 2 is 2.05 bits per heavy atom. The average Bonchev–Trinajstić information content (AvgIpc) is 2.80. The summed E-state index contributed by atoms with van der Waals surface area (Å²) in [6, 6.07) is -0.357. The van der Waals surface area contributed by atoms with E-state index in [2.05, 4.69) is 10.4 Å². The van der Waals surface area contributed by atoms with E-state index in [0.29, 0.717) is 18.0 Å². The Morgan fingerprint density at radius 1 is 1.38 bits per heavy atom. The van der Waals surface area contributed by atoms with E-state index in [9.17, 15) is 13.2 Å². The highest BCUT2D eigenvalue weighted by Gasteiger charge is 2.29. The Bertz CT molecular complexity index is 433. The van der Waals surface area contributed by atoms with Crippen LogP contribution in [0.25, 0.3) is 0 Å². The number of nitrogens with one attached hydrogen (secondary N) is 1. The van der Waals surface area contributed by atoms with Crippen LogP contribution in [0.1, 0.15) is 38.5 Å². The summed E-state index contributed by atoms with van der Waals surface area (Å²) in [7, 11) is 1.50. The molecule has 1 atom stereocenters. The monoisotopic (exact) mass is 309 g/mol. The van der Waals surface area contributed by atoms with Gasteiger partial charge in [-0.3, -0.25) is 4.68 Å². The van der Waals surface area contributed by atoms with Crippen LogP contribution < -0.4 is 10.1 Å². The maximum atomic E-state index is 12.2. The standard InChI is InChI=1S/C13H22F3N3O2/c1-5-17-10(7-21-8-13(14,15)16)12-11(20-4)6-18-19(12)9(2)3/h6,9-10,17H,5,7-8H2,1-4H3. The van der Waals surface area contributed by atoms with E-state index in [4.69, 9.17) is 9.47 Å². The third kappa shape index (κ3) is 5.20. The van der Waals surface area contributed by atoms with Crippen LogP contribution in [0, 0.1) is 0 Å². The molecule has 0 amide bonds. The molecule has 1 unspecified atom stereocenters. The summed E-state index contributed by atoms with van der Waals surface area (Å²) in [6.45, 7) is 4.96. The fourth-order valence-corrected chi connectivity index (χ4v) is 2.03. The lowest BCUT2D eigenvalue weighted by molar-refractivity contribution is -0.175. The van der Waals surface area contributed by atoms with Gasteiger partial charge >= 0.3 is 6.18 Å². The molecule has 1 N–H and O–H groups in total. The van der Waals surface area contributed by atoms with Gasteiger partial charge in [-0.25, -0.2) is 0 Å². The van der Waals surface area contributed by atoms with Crippen LogP contribution in [0.5, 0.6) is 5.75 Å². The lowest BCUT2D eigenvalue weighted by Crippen LogP contribution is -2.30. The van der Waals surface area contributed by atoms with Crippen LogP contribution in [0.15, 0.2) is 6.20 Å². The molecule has 0 aliphatic rings. The van der Waals surface area contributed by atoms with E-state index >= 15 is 0 Å². The molecule has 0 fully saturated rings.